The molecular weight excluding hydrogens is 296 g/mol. The number of aromatic nitrogens is 1. The Balaban J connectivity index is 1.83. The number of thiazole rings is 1. The third-order valence-electron chi connectivity index (χ3n) is 3.63. The largest absolute Gasteiger partial charge is 0.324 e. The van der Waals surface area contributed by atoms with Gasteiger partial charge in [-0.3, -0.25) is 0 Å². The number of rotatable bonds is 3. The smallest absolute Gasteiger partial charge is 0.0947 e. The summed E-state index contributed by atoms with van der Waals surface area (Å²) in [6.07, 6.45) is 0.807. The van der Waals surface area contributed by atoms with E-state index in [4.69, 9.17) is 10.7 Å². The van der Waals surface area contributed by atoms with Crippen molar-refractivity contribution in [1.82, 2.24) is 4.98 Å². The van der Waals surface area contributed by atoms with Crippen LogP contribution in [0.5, 0.6) is 0 Å². The van der Waals surface area contributed by atoms with E-state index in [-0.39, 0.29) is 11.5 Å². The summed E-state index contributed by atoms with van der Waals surface area (Å²) in [4.78, 5) is 4.75. The van der Waals surface area contributed by atoms with Crippen LogP contribution >= 0.6 is 22.7 Å². The summed E-state index contributed by atoms with van der Waals surface area (Å²) in [7, 11) is 0. The highest BCUT2D eigenvalue weighted by molar-refractivity contribution is 7.17. The minimum Gasteiger partial charge on any atom is -0.324 e. The first-order chi connectivity index (χ1) is 9.95. The molecule has 0 aliphatic rings. The maximum Gasteiger partial charge on any atom is 0.0947 e. The molecule has 3 aromatic rings. The Labute approximate surface area is 133 Å². The maximum atomic E-state index is 6.43. The molecule has 2 nitrogen and oxygen atoms in total. The van der Waals surface area contributed by atoms with Crippen molar-refractivity contribution >= 4 is 32.8 Å². The van der Waals surface area contributed by atoms with Gasteiger partial charge in [-0.05, 0) is 22.4 Å². The van der Waals surface area contributed by atoms with Crippen LogP contribution in [0.4, 0.5) is 0 Å². The van der Waals surface area contributed by atoms with Crippen LogP contribution in [0.3, 0.4) is 0 Å². The third-order valence-corrected chi connectivity index (χ3v) is 5.48. The molecule has 1 unspecified atom stereocenters. The van der Waals surface area contributed by atoms with Crippen LogP contribution < -0.4 is 5.73 Å². The maximum absolute atomic E-state index is 6.43. The second-order valence-electron chi connectivity index (χ2n) is 6.37. The normalized spacial score (nSPS) is 13.7. The Morgan fingerprint density at radius 3 is 2.62 bits per heavy atom. The summed E-state index contributed by atoms with van der Waals surface area (Å²) in [6, 6.07) is 8.47. The van der Waals surface area contributed by atoms with E-state index in [1.165, 1.54) is 15.6 Å². The Kier molecular flexibility index (Phi) is 3.86. The quantitative estimate of drug-likeness (QED) is 0.746. The zero-order valence-electron chi connectivity index (χ0n) is 12.6. The van der Waals surface area contributed by atoms with Crippen molar-refractivity contribution in [2.75, 3.05) is 0 Å². The molecule has 2 N–H and O–H groups in total. The molecule has 3 rings (SSSR count). The van der Waals surface area contributed by atoms with Gasteiger partial charge in [0, 0.05) is 28.0 Å². The molecule has 1 aromatic carbocycles. The minimum absolute atomic E-state index is 0.0140. The molecule has 2 heterocycles. The van der Waals surface area contributed by atoms with E-state index >= 15 is 0 Å². The van der Waals surface area contributed by atoms with Crippen molar-refractivity contribution in [2.24, 2.45) is 5.73 Å². The van der Waals surface area contributed by atoms with Gasteiger partial charge in [0.25, 0.3) is 0 Å². The second kappa shape index (κ2) is 5.52. The number of thiophene rings is 1. The fraction of sp³-hybridized carbons (Fsp3) is 0.353. The third kappa shape index (κ3) is 3.03. The first-order valence-electron chi connectivity index (χ1n) is 7.12. The average Bonchev–Trinajstić information content (AvgIpc) is 3.03. The van der Waals surface area contributed by atoms with Crippen molar-refractivity contribution in [3.05, 3.63) is 51.3 Å². The molecule has 1 atom stereocenters. The van der Waals surface area contributed by atoms with Gasteiger partial charge in [-0.1, -0.05) is 39.0 Å². The van der Waals surface area contributed by atoms with E-state index in [1.54, 1.807) is 22.7 Å². The Morgan fingerprint density at radius 1 is 1.14 bits per heavy atom. The van der Waals surface area contributed by atoms with Gasteiger partial charge in [-0.2, -0.15) is 0 Å². The van der Waals surface area contributed by atoms with E-state index in [1.807, 2.05) is 0 Å². The molecule has 4 heteroatoms. The number of fused-ring (bicyclic) bond motifs is 1. The number of hydrogen-bond acceptors (Lipinski definition) is 4. The van der Waals surface area contributed by atoms with Gasteiger partial charge in [0.2, 0.25) is 0 Å². The lowest BCUT2D eigenvalue weighted by Gasteiger charge is -2.14. The van der Waals surface area contributed by atoms with Gasteiger partial charge in [0.05, 0.1) is 10.7 Å². The SMILES string of the molecule is CC(C)(C)c1csc(CC(N)c2csc3ccccc23)n1. The van der Waals surface area contributed by atoms with E-state index in [0.717, 1.165) is 17.1 Å². The van der Waals surface area contributed by atoms with Crippen molar-refractivity contribution in [3.63, 3.8) is 0 Å². The Morgan fingerprint density at radius 2 is 1.90 bits per heavy atom. The molecule has 0 fully saturated rings. The zero-order valence-corrected chi connectivity index (χ0v) is 14.2. The van der Waals surface area contributed by atoms with Gasteiger partial charge in [0.15, 0.2) is 0 Å². The number of benzene rings is 1. The van der Waals surface area contributed by atoms with Crippen LogP contribution in [0.15, 0.2) is 35.0 Å². The predicted molar refractivity (Wildman–Crippen MR) is 93.3 cm³/mol. The number of nitrogens with zero attached hydrogens (tertiary/aromatic N) is 1. The van der Waals surface area contributed by atoms with Crippen LogP contribution in [0.1, 0.15) is 43.1 Å². The van der Waals surface area contributed by atoms with Gasteiger partial charge in [0.1, 0.15) is 0 Å². The highest BCUT2D eigenvalue weighted by Gasteiger charge is 2.19. The minimum atomic E-state index is 0.0140. The Bertz CT molecular complexity index is 749. The van der Waals surface area contributed by atoms with E-state index in [0.29, 0.717) is 0 Å². The molecule has 0 radical (unpaired) electrons. The fourth-order valence-electron chi connectivity index (χ4n) is 2.33. The lowest BCUT2D eigenvalue weighted by atomic mass is 9.93. The number of hydrogen-bond donors (Lipinski definition) is 1. The summed E-state index contributed by atoms with van der Waals surface area (Å²) in [5.41, 5.74) is 8.93. The highest BCUT2D eigenvalue weighted by Crippen LogP contribution is 2.32. The molecule has 0 saturated carbocycles. The lowest BCUT2D eigenvalue weighted by molar-refractivity contribution is 0.569. The molecule has 0 aliphatic heterocycles. The summed E-state index contributed by atoms with van der Waals surface area (Å²) in [6.45, 7) is 6.58. The predicted octanol–water partition coefficient (Wildman–Crippen LogP) is 4.90. The molecule has 2 aromatic heterocycles. The van der Waals surface area contributed by atoms with Gasteiger partial charge >= 0.3 is 0 Å². The lowest BCUT2D eigenvalue weighted by Crippen LogP contribution is -2.14. The van der Waals surface area contributed by atoms with Crippen LogP contribution in [-0.4, -0.2) is 4.98 Å². The summed E-state index contributed by atoms with van der Waals surface area (Å²) >= 11 is 3.48. The van der Waals surface area contributed by atoms with E-state index in [2.05, 4.69) is 55.8 Å². The molecule has 0 aliphatic carbocycles. The molecule has 0 bridgehead atoms. The second-order valence-corrected chi connectivity index (χ2v) is 8.23. The summed E-state index contributed by atoms with van der Waals surface area (Å²) in [5.74, 6) is 0. The molecule has 0 saturated heterocycles. The van der Waals surface area contributed by atoms with Crippen molar-refractivity contribution < 1.29 is 0 Å². The molecule has 0 amide bonds. The monoisotopic (exact) mass is 316 g/mol. The number of nitrogens with two attached hydrogens (primary N) is 1. The van der Waals surface area contributed by atoms with Crippen molar-refractivity contribution in [2.45, 2.75) is 38.6 Å². The molecular formula is C17H20N2S2. The van der Waals surface area contributed by atoms with Crippen LogP contribution in [0, 0.1) is 0 Å². The standard InChI is InChI=1S/C17H20N2S2/c1-17(2,3)15-10-21-16(19-15)8-13(18)12-9-20-14-7-5-4-6-11(12)14/h4-7,9-10,13H,8,18H2,1-3H3. The van der Waals surface area contributed by atoms with Crippen molar-refractivity contribution in [3.8, 4) is 0 Å². The first kappa shape index (κ1) is 14.7. The highest BCUT2D eigenvalue weighted by atomic mass is 32.1. The molecule has 21 heavy (non-hydrogen) atoms. The topological polar surface area (TPSA) is 38.9 Å². The average molecular weight is 316 g/mol. The molecule has 0 spiro atoms. The van der Waals surface area contributed by atoms with Crippen LogP contribution in [-0.2, 0) is 11.8 Å². The Hall–Kier alpha value is -1.23. The van der Waals surface area contributed by atoms with E-state index < -0.39 is 0 Å². The van der Waals surface area contributed by atoms with E-state index in [9.17, 15) is 0 Å². The van der Waals surface area contributed by atoms with Gasteiger partial charge < -0.3 is 5.73 Å². The summed E-state index contributed by atoms with van der Waals surface area (Å²) in [5, 5.41) is 6.76. The zero-order chi connectivity index (χ0) is 15.0. The van der Waals surface area contributed by atoms with Gasteiger partial charge in [-0.25, -0.2) is 4.98 Å². The van der Waals surface area contributed by atoms with Crippen LogP contribution in [0.2, 0.25) is 0 Å². The first-order valence-corrected chi connectivity index (χ1v) is 8.87. The van der Waals surface area contributed by atoms with Crippen molar-refractivity contribution in [1.29, 1.82) is 0 Å². The fourth-order valence-corrected chi connectivity index (χ4v) is 4.44. The van der Waals surface area contributed by atoms with Crippen LogP contribution in [0.25, 0.3) is 10.1 Å². The summed E-state index contributed by atoms with van der Waals surface area (Å²) < 4.78 is 1.30. The van der Waals surface area contributed by atoms with Gasteiger partial charge in [-0.15, -0.1) is 22.7 Å². The molecule has 110 valence electrons.